The normalized spacial score (nSPS) is 13.9. The van der Waals surface area contributed by atoms with Crippen LogP contribution in [0.25, 0.3) is 0 Å². The Balaban J connectivity index is 2.79. The molecule has 1 atom stereocenters. The summed E-state index contributed by atoms with van der Waals surface area (Å²) in [6, 6.07) is 9.02. The molecule has 0 aliphatic heterocycles. The molecular formula is C15H24. The third-order valence-electron chi connectivity index (χ3n) is 2.90. The summed E-state index contributed by atoms with van der Waals surface area (Å²) in [6.07, 6.45) is 2.51. The highest BCUT2D eigenvalue weighted by molar-refractivity contribution is 5.24. The summed E-state index contributed by atoms with van der Waals surface area (Å²) in [5, 5.41) is 0. The van der Waals surface area contributed by atoms with E-state index in [9.17, 15) is 0 Å². The van der Waals surface area contributed by atoms with Crippen molar-refractivity contribution >= 4 is 0 Å². The second-order valence-electron chi connectivity index (χ2n) is 5.78. The van der Waals surface area contributed by atoms with Gasteiger partial charge >= 0.3 is 0 Å². The molecule has 1 unspecified atom stereocenters. The van der Waals surface area contributed by atoms with Gasteiger partial charge in [0.25, 0.3) is 0 Å². The topological polar surface area (TPSA) is 0 Å². The van der Waals surface area contributed by atoms with Crippen LogP contribution in [-0.4, -0.2) is 0 Å². The smallest absolute Gasteiger partial charge is 0.0160 e. The lowest BCUT2D eigenvalue weighted by Gasteiger charge is -2.25. The average Bonchev–Trinajstić information content (AvgIpc) is 2.14. The maximum Gasteiger partial charge on any atom is -0.0160 e. The monoisotopic (exact) mass is 204 g/mol. The predicted octanol–water partition coefficient (Wildman–Crippen LogP) is 4.92. The molecule has 0 N–H and O–H groups in total. The molecule has 0 radical (unpaired) electrons. The molecule has 0 spiro atoms. The quantitative estimate of drug-likeness (QED) is 0.655. The van der Waals surface area contributed by atoms with Crippen LogP contribution in [0.2, 0.25) is 0 Å². The largest absolute Gasteiger partial charge is 0.0648 e. The van der Waals surface area contributed by atoms with E-state index in [2.05, 4.69) is 58.9 Å². The van der Waals surface area contributed by atoms with Crippen molar-refractivity contribution in [3.63, 3.8) is 0 Å². The molecule has 1 aromatic carbocycles. The summed E-state index contributed by atoms with van der Waals surface area (Å²) in [6.45, 7) is 11.4. The van der Waals surface area contributed by atoms with Gasteiger partial charge in [-0.25, -0.2) is 0 Å². The van der Waals surface area contributed by atoms with E-state index in [-0.39, 0.29) is 0 Å². The van der Waals surface area contributed by atoms with E-state index in [1.54, 1.807) is 0 Å². The van der Waals surface area contributed by atoms with Crippen LogP contribution in [0.1, 0.15) is 57.6 Å². The Morgan fingerprint density at radius 3 is 2.00 bits per heavy atom. The zero-order valence-corrected chi connectivity index (χ0v) is 10.8. The van der Waals surface area contributed by atoms with E-state index in [0.717, 1.165) is 0 Å². The highest BCUT2D eigenvalue weighted by Gasteiger charge is 2.18. The van der Waals surface area contributed by atoms with Crippen LogP contribution in [-0.2, 0) is 0 Å². The van der Waals surface area contributed by atoms with Gasteiger partial charge in [-0.05, 0) is 36.7 Å². The van der Waals surface area contributed by atoms with Crippen LogP contribution in [0.15, 0.2) is 24.3 Å². The maximum atomic E-state index is 2.32. The van der Waals surface area contributed by atoms with E-state index in [4.69, 9.17) is 0 Å². The molecule has 0 saturated heterocycles. The fourth-order valence-corrected chi connectivity index (χ4v) is 2.08. The van der Waals surface area contributed by atoms with Gasteiger partial charge in [0.2, 0.25) is 0 Å². The molecule has 0 saturated carbocycles. The minimum absolute atomic E-state index is 0.422. The van der Waals surface area contributed by atoms with Crippen molar-refractivity contribution in [1.29, 1.82) is 0 Å². The first-order valence-electron chi connectivity index (χ1n) is 5.99. The van der Waals surface area contributed by atoms with E-state index in [0.29, 0.717) is 11.3 Å². The van der Waals surface area contributed by atoms with E-state index in [1.807, 2.05) is 0 Å². The Hall–Kier alpha value is -0.780. The molecule has 0 aliphatic carbocycles. The lowest BCUT2D eigenvalue weighted by atomic mass is 9.80. The van der Waals surface area contributed by atoms with Crippen LogP contribution >= 0.6 is 0 Å². The summed E-state index contributed by atoms with van der Waals surface area (Å²) in [4.78, 5) is 0. The van der Waals surface area contributed by atoms with E-state index >= 15 is 0 Å². The third kappa shape index (κ3) is 4.07. The first-order valence-corrected chi connectivity index (χ1v) is 5.99. The molecule has 15 heavy (non-hydrogen) atoms. The van der Waals surface area contributed by atoms with Gasteiger partial charge in [-0.1, -0.05) is 57.5 Å². The molecule has 0 fully saturated rings. The van der Waals surface area contributed by atoms with Gasteiger partial charge < -0.3 is 0 Å². The van der Waals surface area contributed by atoms with Gasteiger partial charge in [-0.15, -0.1) is 0 Å². The Labute approximate surface area is 94.7 Å². The highest BCUT2D eigenvalue weighted by atomic mass is 14.2. The zero-order chi connectivity index (χ0) is 11.5. The first-order chi connectivity index (χ1) is 6.92. The molecule has 84 valence electrons. The summed E-state index contributed by atoms with van der Waals surface area (Å²) in [5.74, 6) is 0.714. The molecule has 1 rings (SSSR count). The SMILES string of the molecule is CCC(CC(C)(C)C)c1ccc(C)cc1. The van der Waals surface area contributed by atoms with Crippen molar-refractivity contribution in [2.45, 2.75) is 53.4 Å². The van der Waals surface area contributed by atoms with Gasteiger partial charge in [0.15, 0.2) is 0 Å². The van der Waals surface area contributed by atoms with Gasteiger partial charge in [0.1, 0.15) is 0 Å². The Morgan fingerprint density at radius 2 is 1.60 bits per heavy atom. The van der Waals surface area contributed by atoms with E-state index in [1.165, 1.54) is 24.0 Å². The zero-order valence-electron chi connectivity index (χ0n) is 10.8. The second-order valence-corrected chi connectivity index (χ2v) is 5.78. The van der Waals surface area contributed by atoms with Crippen molar-refractivity contribution in [3.8, 4) is 0 Å². The van der Waals surface area contributed by atoms with Gasteiger partial charge in [-0.2, -0.15) is 0 Å². The van der Waals surface area contributed by atoms with Crippen molar-refractivity contribution in [2.75, 3.05) is 0 Å². The number of hydrogen-bond donors (Lipinski definition) is 0. The van der Waals surface area contributed by atoms with Crippen LogP contribution in [0.4, 0.5) is 0 Å². The lowest BCUT2D eigenvalue weighted by Crippen LogP contribution is -2.11. The molecular weight excluding hydrogens is 180 g/mol. The molecule has 0 aromatic heterocycles. The van der Waals surface area contributed by atoms with Crippen LogP contribution in [0.5, 0.6) is 0 Å². The molecule has 1 aromatic rings. The number of aryl methyl sites for hydroxylation is 1. The fourth-order valence-electron chi connectivity index (χ4n) is 2.08. The Bertz CT molecular complexity index is 287. The minimum Gasteiger partial charge on any atom is -0.0648 e. The molecule has 0 aliphatic rings. The van der Waals surface area contributed by atoms with E-state index < -0.39 is 0 Å². The molecule has 0 nitrogen and oxygen atoms in total. The van der Waals surface area contributed by atoms with Gasteiger partial charge in [0.05, 0.1) is 0 Å². The summed E-state index contributed by atoms with van der Waals surface area (Å²) in [7, 11) is 0. The standard InChI is InChI=1S/C15H24/c1-6-13(11-15(3,4)5)14-9-7-12(2)8-10-14/h7-10,13H,6,11H2,1-5H3. The molecule has 0 amide bonds. The van der Waals surface area contributed by atoms with Crippen molar-refractivity contribution in [2.24, 2.45) is 5.41 Å². The first kappa shape index (κ1) is 12.3. The fraction of sp³-hybridized carbons (Fsp3) is 0.600. The van der Waals surface area contributed by atoms with Crippen LogP contribution in [0, 0.1) is 12.3 Å². The van der Waals surface area contributed by atoms with Gasteiger partial charge in [0, 0.05) is 0 Å². The molecule has 0 heteroatoms. The average molecular weight is 204 g/mol. The Morgan fingerprint density at radius 1 is 1.07 bits per heavy atom. The highest BCUT2D eigenvalue weighted by Crippen LogP contribution is 2.33. The molecule has 0 bridgehead atoms. The second kappa shape index (κ2) is 4.83. The van der Waals surface area contributed by atoms with Gasteiger partial charge in [-0.3, -0.25) is 0 Å². The van der Waals surface area contributed by atoms with Crippen molar-refractivity contribution < 1.29 is 0 Å². The Kier molecular flexibility index (Phi) is 3.96. The van der Waals surface area contributed by atoms with Crippen LogP contribution in [0.3, 0.4) is 0 Å². The summed E-state index contributed by atoms with van der Waals surface area (Å²) < 4.78 is 0. The van der Waals surface area contributed by atoms with Crippen molar-refractivity contribution in [3.05, 3.63) is 35.4 Å². The number of hydrogen-bond acceptors (Lipinski definition) is 0. The maximum absolute atomic E-state index is 2.32. The summed E-state index contributed by atoms with van der Waals surface area (Å²) in [5.41, 5.74) is 3.27. The molecule has 0 heterocycles. The third-order valence-corrected chi connectivity index (χ3v) is 2.90. The van der Waals surface area contributed by atoms with Crippen molar-refractivity contribution in [1.82, 2.24) is 0 Å². The minimum atomic E-state index is 0.422. The number of benzene rings is 1. The van der Waals surface area contributed by atoms with Crippen LogP contribution < -0.4 is 0 Å². The summed E-state index contributed by atoms with van der Waals surface area (Å²) >= 11 is 0. The predicted molar refractivity (Wildman–Crippen MR) is 68.3 cm³/mol. The number of rotatable bonds is 3. The lowest BCUT2D eigenvalue weighted by molar-refractivity contribution is 0.335.